The SMILES string of the molecule is CN(c1ccccc1F)c1c(Cl)cc(N)cc1C(=O)O. The predicted molar refractivity (Wildman–Crippen MR) is 77.3 cm³/mol. The van der Waals surface area contributed by atoms with Crippen molar-refractivity contribution in [2.75, 3.05) is 17.7 Å². The van der Waals surface area contributed by atoms with Crippen LogP contribution in [0.15, 0.2) is 36.4 Å². The number of anilines is 3. The number of nitrogen functional groups attached to an aromatic ring is 1. The van der Waals surface area contributed by atoms with Crippen LogP contribution in [0.3, 0.4) is 0 Å². The van der Waals surface area contributed by atoms with Crippen LogP contribution < -0.4 is 10.6 Å². The van der Waals surface area contributed by atoms with E-state index >= 15 is 0 Å². The Balaban J connectivity index is 2.63. The average molecular weight is 295 g/mol. The van der Waals surface area contributed by atoms with Gasteiger partial charge in [0, 0.05) is 12.7 Å². The van der Waals surface area contributed by atoms with E-state index in [0.717, 1.165) is 0 Å². The quantitative estimate of drug-likeness (QED) is 0.850. The molecule has 2 aromatic rings. The van der Waals surface area contributed by atoms with Gasteiger partial charge < -0.3 is 15.7 Å². The van der Waals surface area contributed by atoms with Gasteiger partial charge in [-0.3, -0.25) is 0 Å². The smallest absolute Gasteiger partial charge is 0.337 e. The number of carboxylic acid groups (broad SMARTS) is 1. The number of carboxylic acids is 1. The fraction of sp³-hybridized carbons (Fsp3) is 0.0714. The van der Waals surface area contributed by atoms with Crippen molar-refractivity contribution >= 4 is 34.6 Å². The Morgan fingerprint density at radius 3 is 2.60 bits per heavy atom. The van der Waals surface area contributed by atoms with Gasteiger partial charge in [0.05, 0.1) is 22.0 Å². The van der Waals surface area contributed by atoms with E-state index in [1.807, 2.05) is 0 Å². The minimum absolute atomic E-state index is 0.0826. The van der Waals surface area contributed by atoms with Gasteiger partial charge >= 0.3 is 5.97 Å². The second-order valence-corrected chi connectivity index (χ2v) is 4.62. The topological polar surface area (TPSA) is 66.6 Å². The van der Waals surface area contributed by atoms with Gasteiger partial charge in [-0.25, -0.2) is 9.18 Å². The van der Waals surface area contributed by atoms with Crippen LogP contribution in [-0.4, -0.2) is 18.1 Å². The highest BCUT2D eigenvalue weighted by atomic mass is 35.5. The molecule has 0 aliphatic heterocycles. The summed E-state index contributed by atoms with van der Waals surface area (Å²) in [7, 11) is 1.54. The second kappa shape index (κ2) is 5.38. The summed E-state index contributed by atoms with van der Waals surface area (Å²) in [5.74, 6) is -1.66. The van der Waals surface area contributed by atoms with Gasteiger partial charge in [0.1, 0.15) is 5.82 Å². The van der Waals surface area contributed by atoms with E-state index in [2.05, 4.69) is 0 Å². The number of hydrogen-bond acceptors (Lipinski definition) is 3. The molecule has 20 heavy (non-hydrogen) atoms. The molecule has 0 saturated carbocycles. The molecule has 0 amide bonds. The summed E-state index contributed by atoms with van der Waals surface area (Å²) in [6, 6.07) is 8.75. The van der Waals surface area contributed by atoms with Crippen LogP contribution in [0.5, 0.6) is 0 Å². The number of halogens is 2. The van der Waals surface area contributed by atoms with Crippen molar-refractivity contribution < 1.29 is 14.3 Å². The number of nitrogens with zero attached hydrogens (tertiary/aromatic N) is 1. The Hall–Kier alpha value is -2.27. The molecule has 0 unspecified atom stereocenters. The molecule has 2 rings (SSSR count). The van der Waals surface area contributed by atoms with Crippen LogP contribution in [0.2, 0.25) is 5.02 Å². The molecular formula is C14H12ClFN2O2. The zero-order chi connectivity index (χ0) is 14.9. The van der Waals surface area contributed by atoms with E-state index in [0.29, 0.717) is 0 Å². The number of para-hydroxylation sites is 1. The van der Waals surface area contributed by atoms with Crippen molar-refractivity contribution in [2.24, 2.45) is 0 Å². The van der Waals surface area contributed by atoms with Crippen molar-refractivity contribution in [3.63, 3.8) is 0 Å². The number of carbonyl (C=O) groups is 1. The molecule has 2 aromatic carbocycles. The Morgan fingerprint density at radius 2 is 2.00 bits per heavy atom. The van der Waals surface area contributed by atoms with Crippen LogP contribution in [0.1, 0.15) is 10.4 Å². The number of rotatable bonds is 3. The van der Waals surface area contributed by atoms with Crippen LogP contribution in [-0.2, 0) is 0 Å². The molecule has 0 saturated heterocycles. The highest BCUT2D eigenvalue weighted by Crippen LogP contribution is 2.36. The van der Waals surface area contributed by atoms with Crippen molar-refractivity contribution in [1.29, 1.82) is 0 Å². The lowest BCUT2D eigenvalue weighted by Gasteiger charge is -2.23. The van der Waals surface area contributed by atoms with E-state index in [-0.39, 0.29) is 27.6 Å². The van der Waals surface area contributed by atoms with Gasteiger partial charge in [-0.15, -0.1) is 0 Å². The minimum Gasteiger partial charge on any atom is -0.478 e. The number of benzene rings is 2. The van der Waals surface area contributed by atoms with Gasteiger partial charge in [-0.05, 0) is 24.3 Å². The maximum atomic E-state index is 13.8. The molecule has 0 bridgehead atoms. The van der Waals surface area contributed by atoms with Gasteiger partial charge in [0.15, 0.2) is 0 Å². The van der Waals surface area contributed by atoms with Gasteiger partial charge in [0.2, 0.25) is 0 Å². The van der Waals surface area contributed by atoms with E-state index in [1.54, 1.807) is 19.2 Å². The average Bonchev–Trinajstić information content (AvgIpc) is 2.37. The molecule has 0 aromatic heterocycles. The molecule has 0 aliphatic rings. The Bertz CT molecular complexity index is 676. The number of hydrogen-bond donors (Lipinski definition) is 2. The summed E-state index contributed by atoms with van der Waals surface area (Å²) in [5.41, 5.74) is 6.16. The molecule has 104 valence electrons. The summed E-state index contributed by atoms with van der Waals surface area (Å²) in [4.78, 5) is 12.7. The zero-order valence-corrected chi connectivity index (χ0v) is 11.4. The molecule has 0 heterocycles. The van der Waals surface area contributed by atoms with Crippen molar-refractivity contribution in [3.8, 4) is 0 Å². The third-order valence-electron chi connectivity index (χ3n) is 2.87. The first kappa shape index (κ1) is 14.1. The summed E-state index contributed by atoms with van der Waals surface area (Å²) < 4.78 is 13.8. The summed E-state index contributed by atoms with van der Waals surface area (Å²) in [6.07, 6.45) is 0. The van der Waals surface area contributed by atoms with Crippen LogP contribution in [0, 0.1) is 5.82 Å². The highest BCUT2D eigenvalue weighted by Gasteiger charge is 2.20. The molecule has 4 nitrogen and oxygen atoms in total. The van der Waals surface area contributed by atoms with Crippen LogP contribution >= 0.6 is 11.6 Å². The van der Waals surface area contributed by atoms with Crippen molar-refractivity contribution in [3.05, 3.63) is 52.8 Å². The standard InChI is InChI=1S/C14H12ClFN2O2/c1-18(12-5-3-2-4-11(12)16)13-9(14(19)20)6-8(17)7-10(13)15/h2-7H,17H2,1H3,(H,19,20). The van der Waals surface area contributed by atoms with E-state index in [9.17, 15) is 14.3 Å². The third-order valence-corrected chi connectivity index (χ3v) is 3.15. The zero-order valence-electron chi connectivity index (χ0n) is 10.6. The van der Waals surface area contributed by atoms with Crippen LogP contribution in [0.4, 0.5) is 21.5 Å². The fourth-order valence-corrected chi connectivity index (χ4v) is 2.32. The Kier molecular flexibility index (Phi) is 3.81. The first-order chi connectivity index (χ1) is 9.41. The van der Waals surface area contributed by atoms with E-state index in [1.165, 1.54) is 29.2 Å². The molecule has 3 N–H and O–H groups in total. The normalized spacial score (nSPS) is 10.3. The molecule has 6 heteroatoms. The monoisotopic (exact) mass is 294 g/mol. The summed E-state index contributed by atoms with van der Waals surface area (Å²) >= 11 is 6.07. The molecular weight excluding hydrogens is 283 g/mol. The third kappa shape index (κ3) is 2.53. The fourth-order valence-electron chi connectivity index (χ4n) is 1.97. The Morgan fingerprint density at radius 1 is 1.35 bits per heavy atom. The van der Waals surface area contributed by atoms with Crippen molar-refractivity contribution in [1.82, 2.24) is 0 Å². The lowest BCUT2D eigenvalue weighted by atomic mass is 10.1. The maximum absolute atomic E-state index is 13.8. The molecule has 0 aliphatic carbocycles. The first-order valence-corrected chi connectivity index (χ1v) is 6.10. The van der Waals surface area contributed by atoms with Gasteiger partial charge in [-0.2, -0.15) is 0 Å². The molecule has 0 atom stereocenters. The predicted octanol–water partition coefficient (Wildman–Crippen LogP) is 3.53. The first-order valence-electron chi connectivity index (χ1n) is 5.72. The van der Waals surface area contributed by atoms with Gasteiger partial charge in [0.25, 0.3) is 0 Å². The Labute approximate surface area is 120 Å². The molecule has 0 spiro atoms. The second-order valence-electron chi connectivity index (χ2n) is 4.21. The summed E-state index contributed by atoms with van der Waals surface area (Å²) in [5, 5.41) is 9.39. The summed E-state index contributed by atoms with van der Waals surface area (Å²) in [6.45, 7) is 0. The number of nitrogens with two attached hydrogens (primary N) is 1. The maximum Gasteiger partial charge on any atom is 0.337 e. The van der Waals surface area contributed by atoms with Crippen molar-refractivity contribution in [2.45, 2.75) is 0 Å². The van der Waals surface area contributed by atoms with E-state index in [4.69, 9.17) is 17.3 Å². The largest absolute Gasteiger partial charge is 0.478 e. The molecule has 0 fully saturated rings. The van der Waals surface area contributed by atoms with E-state index < -0.39 is 11.8 Å². The lowest BCUT2D eigenvalue weighted by Crippen LogP contribution is -2.16. The lowest BCUT2D eigenvalue weighted by molar-refractivity contribution is 0.0697. The highest BCUT2D eigenvalue weighted by molar-refractivity contribution is 6.34. The van der Waals surface area contributed by atoms with Gasteiger partial charge in [-0.1, -0.05) is 23.7 Å². The molecule has 0 radical (unpaired) electrons. The minimum atomic E-state index is -1.18. The number of aromatic carboxylic acids is 1. The van der Waals surface area contributed by atoms with Crippen LogP contribution in [0.25, 0.3) is 0 Å².